The van der Waals surface area contributed by atoms with Crippen LogP contribution in [0.3, 0.4) is 0 Å². The number of para-hydroxylation sites is 1. The summed E-state index contributed by atoms with van der Waals surface area (Å²) in [5.74, 6) is 2.66. The molecule has 0 saturated heterocycles. The molecule has 0 bridgehead atoms. The molecule has 96 valence electrons. The van der Waals surface area contributed by atoms with Gasteiger partial charge in [0.05, 0.1) is 17.5 Å². The van der Waals surface area contributed by atoms with Crippen LogP contribution in [0, 0.1) is 0 Å². The predicted molar refractivity (Wildman–Crippen MR) is 80.5 cm³/mol. The van der Waals surface area contributed by atoms with E-state index in [1.807, 2.05) is 30.3 Å². The number of fused-ring (bicyclic) bond motifs is 1. The van der Waals surface area contributed by atoms with Crippen molar-refractivity contribution >= 4 is 34.3 Å². The highest BCUT2D eigenvalue weighted by Crippen LogP contribution is 2.25. The van der Waals surface area contributed by atoms with Crippen molar-refractivity contribution in [3.05, 3.63) is 65.2 Å². The van der Waals surface area contributed by atoms with Gasteiger partial charge in [0.2, 0.25) is 0 Å². The average Bonchev–Trinajstić information content (AvgIpc) is 2.92. The highest BCUT2D eigenvalue weighted by atomic mass is 35.5. The fraction of sp³-hybridized carbons (Fsp3) is 0.133. The molecule has 0 spiro atoms. The summed E-state index contributed by atoms with van der Waals surface area (Å²) in [7, 11) is 0. The zero-order valence-electron chi connectivity index (χ0n) is 10.2. The van der Waals surface area contributed by atoms with Crippen LogP contribution in [0.1, 0.15) is 11.3 Å². The molecule has 0 atom stereocenters. The molecule has 2 aromatic heterocycles. The van der Waals surface area contributed by atoms with Crippen molar-refractivity contribution in [3.63, 3.8) is 0 Å². The van der Waals surface area contributed by atoms with E-state index in [1.165, 1.54) is 0 Å². The van der Waals surface area contributed by atoms with E-state index in [0.29, 0.717) is 5.15 Å². The number of pyridine rings is 1. The fourth-order valence-corrected chi connectivity index (χ4v) is 3.09. The summed E-state index contributed by atoms with van der Waals surface area (Å²) in [5.41, 5.74) is 2.00. The van der Waals surface area contributed by atoms with Crippen molar-refractivity contribution in [2.75, 3.05) is 0 Å². The fourth-order valence-electron chi connectivity index (χ4n) is 1.89. The van der Waals surface area contributed by atoms with E-state index in [9.17, 15) is 0 Å². The van der Waals surface area contributed by atoms with Gasteiger partial charge in [0.15, 0.2) is 0 Å². The third-order valence-electron chi connectivity index (χ3n) is 2.83. The van der Waals surface area contributed by atoms with E-state index in [2.05, 4.69) is 17.1 Å². The van der Waals surface area contributed by atoms with E-state index in [1.54, 1.807) is 18.0 Å². The Kier molecular flexibility index (Phi) is 3.76. The lowest BCUT2D eigenvalue weighted by Gasteiger charge is -2.05. The lowest BCUT2D eigenvalue weighted by Crippen LogP contribution is -1.89. The second kappa shape index (κ2) is 5.68. The molecule has 3 rings (SSSR count). The number of hydrogen-bond donors (Lipinski definition) is 0. The molecule has 3 aromatic rings. The van der Waals surface area contributed by atoms with Gasteiger partial charge in [-0.05, 0) is 24.3 Å². The predicted octanol–water partition coefficient (Wildman–Crippen LogP) is 4.91. The van der Waals surface area contributed by atoms with Crippen LogP contribution >= 0.6 is 23.4 Å². The van der Waals surface area contributed by atoms with Crippen LogP contribution in [-0.2, 0) is 11.5 Å². The Bertz CT molecular complexity index is 682. The quantitative estimate of drug-likeness (QED) is 0.638. The van der Waals surface area contributed by atoms with E-state index in [4.69, 9.17) is 16.0 Å². The van der Waals surface area contributed by atoms with Gasteiger partial charge in [-0.1, -0.05) is 29.8 Å². The third kappa shape index (κ3) is 2.94. The van der Waals surface area contributed by atoms with Crippen molar-refractivity contribution < 1.29 is 4.42 Å². The van der Waals surface area contributed by atoms with Crippen molar-refractivity contribution in [2.24, 2.45) is 0 Å². The first-order valence-corrected chi connectivity index (χ1v) is 7.50. The van der Waals surface area contributed by atoms with Crippen LogP contribution in [0.5, 0.6) is 0 Å². The number of furan rings is 1. The Morgan fingerprint density at radius 2 is 2.00 bits per heavy atom. The summed E-state index contributed by atoms with van der Waals surface area (Å²) in [6.45, 7) is 0. The highest BCUT2D eigenvalue weighted by Gasteiger charge is 2.05. The summed E-state index contributed by atoms with van der Waals surface area (Å²) in [6.07, 6.45) is 1.69. The zero-order chi connectivity index (χ0) is 13.1. The minimum atomic E-state index is 0.589. The van der Waals surface area contributed by atoms with Crippen LogP contribution in [-0.4, -0.2) is 4.98 Å². The zero-order valence-corrected chi connectivity index (χ0v) is 11.7. The number of hydrogen-bond acceptors (Lipinski definition) is 3. The van der Waals surface area contributed by atoms with Crippen LogP contribution in [0.15, 0.2) is 53.1 Å². The van der Waals surface area contributed by atoms with E-state index >= 15 is 0 Å². The van der Waals surface area contributed by atoms with Gasteiger partial charge in [0.1, 0.15) is 10.9 Å². The lowest BCUT2D eigenvalue weighted by molar-refractivity contribution is 0.530. The summed E-state index contributed by atoms with van der Waals surface area (Å²) < 4.78 is 5.30. The molecule has 0 unspecified atom stereocenters. The van der Waals surface area contributed by atoms with Crippen molar-refractivity contribution in [1.82, 2.24) is 4.98 Å². The second-order valence-corrected chi connectivity index (χ2v) is 5.55. The number of aromatic nitrogens is 1. The van der Waals surface area contributed by atoms with Crippen LogP contribution in [0.25, 0.3) is 10.9 Å². The summed E-state index contributed by atoms with van der Waals surface area (Å²) in [4.78, 5) is 4.42. The van der Waals surface area contributed by atoms with E-state index in [0.717, 1.165) is 33.7 Å². The van der Waals surface area contributed by atoms with Gasteiger partial charge >= 0.3 is 0 Å². The molecule has 0 aliphatic carbocycles. The average molecular weight is 290 g/mol. The maximum absolute atomic E-state index is 6.22. The van der Waals surface area contributed by atoms with Gasteiger partial charge in [-0.25, -0.2) is 4.98 Å². The molecule has 0 radical (unpaired) electrons. The van der Waals surface area contributed by atoms with E-state index in [-0.39, 0.29) is 0 Å². The van der Waals surface area contributed by atoms with Gasteiger partial charge < -0.3 is 4.42 Å². The molecule has 0 fully saturated rings. The first-order valence-electron chi connectivity index (χ1n) is 5.97. The molecule has 2 heterocycles. The van der Waals surface area contributed by atoms with Crippen LogP contribution in [0.2, 0.25) is 5.15 Å². The molecule has 4 heteroatoms. The molecule has 0 saturated carbocycles. The standard InChI is InChI=1S/C15H12ClNOS/c16-15-12(9-19-10-13-5-3-7-18-13)8-11-4-1-2-6-14(11)17-15/h1-8H,9-10H2. The topological polar surface area (TPSA) is 26.0 Å². The van der Waals surface area contributed by atoms with Crippen molar-refractivity contribution in [1.29, 1.82) is 0 Å². The van der Waals surface area contributed by atoms with Gasteiger partial charge in [-0.3, -0.25) is 0 Å². The Balaban J connectivity index is 1.75. The largest absolute Gasteiger partial charge is 0.468 e. The van der Waals surface area contributed by atoms with Crippen LogP contribution in [0.4, 0.5) is 0 Å². The molecule has 0 aliphatic heterocycles. The summed E-state index contributed by atoms with van der Waals surface area (Å²) in [5, 5.41) is 1.71. The first-order chi connectivity index (χ1) is 9.33. The second-order valence-electron chi connectivity index (χ2n) is 4.20. The van der Waals surface area contributed by atoms with E-state index < -0.39 is 0 Å². The van der Waals surface area contributed by atoms with Crippen molar-refractivity contribution in [2.45, 2.75) is 11.5 Å². The number of nitrogens with zero attached hydrogens (tertiary/aromatic N) is 1. The number of rotatable bonds is 4. The normalized spacial score (nSPS) is 11.0. The maximum Gasteiger partial charge on any atom is 0.133 e. The van der Waals surface area contributed by atoms with Crippen LogP contribution < -0.4 is 0 Å². The molecule has 0 aliphatic rings. The van der Waals surface area contributed by atoms with Gasteiger partial charge in [0.25, 0.3) is 0 Å². The first kappa shape index (κ1) is 12.6. The van der Waals surface area contributed by atoms with Gasteiger partial charge in [0, 0.05) is 16.7 Å². The molecular formula is C15H12ClNOS. The molecule has 1 aromatic carbocycles. The molecule has 2 nitrogen and oxygen atoms in total. The highest BCUT2D eigenvalue weighted by molar-refractivity contribution is 7.97. The molecule has 0 N–H and O–H groups in total. The lowest BCUT2D eigenvalue weighted by atomic mass is 10.2. The smallest absolute Gasteiger partial charge is 0.133 e. The number of halogens is 1. The Morgan fingerprint density at radius 1 is 1.11 bits per heavy atom. The van der Waals surface area contributed by atoms with Crippen molar-refractivity contribution in [3.8, 4) is 0 Å². The monoisotopic (exact) mass is 289 g/mol. The summed E-state index contributed by atoms with van der Waals surface area (Å²) in [6, 6.07) is 14.0. The minimum Gasteiger partial charge on any atom is -0.468 e. The third-order valence-corrected chi connectivity index (χ3v) is 4.16. The Morgan fingerprint density at radius 3 is 2.84 bits per heavy atom. The number of benzene rings is 1. The maximum atomic E-state index is 6.22. The van der Waals surface area contributed by atoms with Gasteiger partial charge in [-0.2, -0.15) is 0 Å². The number of thioether (sulfide) groups is 1. The van der Waals surface area contributed by atoms with Gasteiger partial charge in [-0.15, -0.1) is 11.8 Å². The molecule has 19 heavy (non-hydrogen) atoms. The molecule has 0 amide bonds. The minimum absolute atomic E-state index is 0.589. The summed E-state index contributed by atoms with van der Waals surface area (Å²) >= 11 is 7.98. The Hall–Kier alpha value is -1.45. The molecular weight excluding hydrogens is 278 g/mol. The Labute approximate surface area is 120 Å². The SMILES string of the molecule is Clc1nc2ccccc2cc1CSCc1ccco1.